The Hall–Kier alpha value is -1.02. The van der Waals surface area contributed by atoms with Gasteiger partial charge in [-0.2, -0.15) is 0 Å². The highest BCUT2D eigenvalue weighted by Crippen LogP contribution is 2.38. The number of phenolic OH excluding ortho intramolecular Hbond substituents is 1. The summed E-state index contributed by atoms with van der Waals surface area (Å²) in [5, 5.41) is 10.3. The molecule has 1 aromatic carbocycles. The topological polar surface area (TPSA) is 46.2 Å². The Morgan fingerprint density at radius 2 is 1.35 bits per heavy atom. The summed E-state index contributed by atoms with van der Waals surface area (Å²) >= 11 is 0. The summed E-state index contributed by atoms with van der Waals surface area (Å²) in [6.07, 6.45) is 2.39. The molecule has 2 nitrogen and oxygen atoms in total. The molecule has 0 atom stereocenters. The van der Waals surface area contributed by atoms with Crippen LogP contribution in [0.25, 0.3) is 0 Å². The quantitative estimate of drug-likeness (QED) is 0.822. The van der Waals surface area contributed by atoms with Gasteiger partial charge < -0.3 is 10.8 Å². The lowest BCUT2D eigenvalue weighted by molar-refractivity contribution is 0.423. The number of nitrogens with two attached hydrogens (primary N) is 1. The highest BCUT2D eigenvalue weighted by Gasteiger charge is 2.24. The minimum Gasteiger partial charge on any atom is -0.507 e. The zero-order valence-electron chi connectivity index (χ0n) is 14.4. The lowest BCUT2D eigenvalue weighted by Gasteiger charge is -2.26. The molecule has 0 heterocycles. The number of hydrogen-bond donors (Lipinski definition) is 2. The van der Waals surface area contributed by atoms with E-state index in [1.807, 2.05) is 18.2 Å². The summed E-state index contributed by atoms with van der Waals surface area (Å²) in [6, 6.07) is 6.04. The van der Waals surface area contributed by atoms with Crippen molar-refractivity contribution in [3.8, 4) is 5.75 Å². The normalized spacial score (nSPS) is 11.8. The number of benzene rings is 1. The molecule has 1 rings (SSSR count). The van der Waals surface area contributed by atoms with Crippen LogP contribution in [-0.4, -0.2) is 11.7 Å². The van der Waals surface area contributed by atoms with E-state index >= 15 is 0 Å². The summed E-state index contributed by atoms with van der Waals surface area (Å²) in [7, 11) is 0. The molecule has 0 radical (unpaired) electrons. The average Bonchev–Trinajstić information content (AvgIpc) is 2.28. The number of hydrogen-bond acceptors (Lipinski definition) is 2. The third-order valence-corrected chi connectivity index (χ3v) is 3.21. The van der Waals surface area contributed by atoms with Crippen LogP contribution in [0.4, 0.5) is 0 Å². The van der Waals surface area contributed by atoms with Crippen LogP contribution in [0.5, 0.6) is 5.75 Å². The molecule has 0 unspecified atom stereocenters. The van der Waals surface area contributed by atoms with Gasteiger partial charge in [0.1, 0.15) is 5.75 Å². The zero-order valence-corrected chi connectivity index (χ0v) is 14.4. The minimum atomic E-state index is -0.00859. The van der Waals surface area contributed by atoms with E-state index in [4.69, 9.17) is 5.73 Å². The van der Waals surface area contributed by atoms with Gasteiger partial charge in [-0.15, -0.1) is 0 Å². The van der Waals surface area contributed by atoms with Crippen LogP contribution in [0, 0.1) is 0 Å². The standard InChI is InChI=1S/C14H22O.C4H11N/c1-13(2,3)10-8-7-9-11(12(10)15)14(4,5)6;1-2-3-4-5/h7-9,15H,1-6H3;2-5H2,1H3. The maximum absolute atomic E-state index is 10.3. The maximum Gasteiger partial charge on any atom is 0.123 e. The molecular weight excluding hydrogens is 246 g/mol. The monoisotopic (exact) mass is 279 g/mol. The predicted molar refractivity (Wildman–Crippen MR) is 89.5 cm³/mol. The summed E-state index contributed by atoms with van der Waals surface area (Å²) in [5.74, 6) is 0.456. The Labute approximate surface area is 125 Å². The van der Waals surface area contributed by atoms with Gasteiger partial charge in [-0.1, -0.05) is 73.1 Å². The SMILES string of the molecule is CC(C)(C)c1cccc(C(C)(C)C)c1O.CCCCN. The third kappa shape index (κ3) is 5.96. The Balaban J connectivity index is 0.000000621. The van der Waals surface area contributed by atoms with Gasteiger partial charge in [0, 0.05) is 0 Å². The molecule has 1 aromatic rings. The van der Waals surface area contributed by atoms with Crippen molar-refractivity contribution in [3.05, 3.63) is 29.3 Å². The van der Waals surface area contributed by atoms with Crippen LogP contribution >= 0.6 is 0 Å². The summed E-state index contributed by atoms with van der Waals surface area (Å²) in [4.78, 5) is 0. The fraction of sp³-hybridized carbons (Fsp3) is 0.667. The van der Waals surface area contributed by atoms with Crippen LogP contribution in [0.1, 0.15) is 72.4 Å². The second kappa shape index (κ2) is 7.68. The first kappa shape index (κ1) is 19.0. The molecule has 0 amide bonds. The lowest BCUT2D eigenvalue weighted by atomic mass is 9.80. The number of aromatic hydroxyl groups is 1. The van der Waals surface area contributed by atoms with Gasteiger partial charge in [-0.05, 0) is 34.9 Å². The highest BCUT2D eigenvalue weighted by molar-refractivity contribution is 5.46. The number of para-hydroxylation sites is 1. The van der Waals surface area contributed by atoms with Gasteiger partial charge in [-0.3, -0.25) is 0 Å². The Kier molecular flexibility index (Phi) is 7.29. The molecule has 2 heteroatoms. The summed E-state index contributed by atoms with van der Waals surface area (Å²) in [5.41, 5.74) is 7.17. The van der Waals surface area contributed by atoms with Crippen molar-refractivity contribution in [2.45, 2.75) is 72.1 Å². The Morgan fingerprint density at radius 3 is 1.55 bits per heavy atom. The fourth-order valence-electron chi connectivity index (χ4n) is 1.96. The van der Waals surface area contributed by atoms with Gasteiger partial charge in [0.05, 0.1) is 0 Å². The molecule has 0 aliphatic rings. The van der Waals surface area contributed by atoms with Crippen molar-refractivity contribution in [1.29, 1.82) is 0 Å². The molecule has 116 valence electrons. The van der Waals surface area contributed by atoms with Gasteiger partial charge in [-0.25, -0.2) is 0 Å². The lowest BCUT2D eigenvalue weighted by Crippen LogP contribution is -2.16. The molecule has 0 fully saturated rings. The van der Waals surface area contributed by atoms with Crippen molar-refractivity contribution >= 4 is 0 Å². The average molecular weight is 279 g/mol. The van der Waals surface area contributed by atoms with Crippen LogP contribution in [0.2, 0.25) is 0 Å². The molecule has 3 N–H and O–H groups in total. The Morgan fingerprint density at radius 1 is 0.950 bits per heavy atom. The van der Waals surface area contributed by atoms with Crippen LogP contribution in [-0.2, 0) is 10.8 Å². The van der Waals surface area contributed by atoms with Gasteiger partial charge in [0.2, 0.25) is 0 Å². The second-order valence-corrected chi connectivity index (χ2v) is 7.34. The Bertz CT molecular complexity index is 363. The molecule has 0 saturated carbocycles. The summed E-state index contributed by atoms with van der Waals surface area (Å²) < 4.78 is 0. The fourth-order valence-corrected chi connectivity index (χ4v) is 1.96. The first-order valence-electron chi connectivity index (χ1n) is 7.58. The van der Waals surface area contributed by atoms with Crippen molar-refractivity contribution in [1.82, 2.24) is 0 Å². The van der Waals surface area contributed by atoms with E-state index in [2.05, 4.69) is 48.5 Å². The number of unbranched alkanes of at least 4 members (excludes halogenated alkanes) is 1. The molecule has 0 aliphatic heterocycles. The van der Waals surface area contributed by atoms with Gasteiger partial charge in [0.25, 0.3) is 0 Å². The van der Waals surface area contributed by atoms with E-state index < -0.39 is 0 Å². The van der Waals surface area contributed by atoms with Crippen molar-refractivity contribution in [3.63, 3.8) is 0 Å². The van der Waals surface area contributed by atoms with E-state index in [1.54, 1.807) is 0 Å². The molecule has 0 aliphatic carbocycles. The molecule has 20 heavy (non-hydrogen) atoms. The zero-order chi connectivity index (χ0) is 16.0. The van der Waals surface area contributed by atoms with Crippen LogP contribution in [0.15, 0.2) is 18.2 Å². The van der Waals surface area contributed by atoms with E-state index in [9.17, 15) is 5.11 Å². The first-order valence-corrected chi connectivity index (χ1v) is 7.58. The smallest absolute Gasteiger partial charge is 0.123 e. The van der Waals surface area contributed by atoms with Crippen molar-refractivity contribution in [2.24, 2.45) is 5.73 Å². The minimum absolute atomic E-state index is 0.00859. The molecule has 0 spiro atoms. The second-order valence-electron chi connectivity index (χ2n) is 7.34. The van der Waals surface area contributed by atoms with Crippen LogP contribution < -0.4 is 5.73 Å². The molecule has 0 aromatic heterocycles. The molecule has 0 bridgehead atoms. The summed E-state index contributed by atoms with van der Waals surface area (Å²) in [6.45, 7) is 15.7. The van der Waals surface area contributed by atoms with Crippen LogP contribution in [0.3, 0.4) is 0 Å². The predicted octanol–water partition coefficient (Wildman–Crippen LogP) is 4.73. The third-order valence-electron chi connectivity index (χ3n) is 3.21. The van der Waals surface area contributed by atoms with Crippen molar-refractivity contribution < 1.29 is 5.11 Å². The number of phenols is 1. The van der Waals surface area contributed by atoms with E-state index in [0.29, 0.717) is 5.75 Å². The largest absolute Gasteiger partial charge is 0.507 e. The van der Waals surface area contributed by atoms with E-state index in [0.717, 1.165) is 17.7 Å². The maximum atomic E-state index is 10.3. The van der Waals surface area contributed by atoms with E-state index in [1.165, 1.54) is 12.8 Å². The van der Waals surface area contributed by atoms with Gasteiger partial charge in [0.15, 0.2) is 0 Å². The molecular formula is C18H33NO. The van der Waals surface area contributed by atoms with E-state index in [-0.39, 0.29) is 10.8 Å². The molecule has 0 saturated heterocycles. The van der Waals surface area contributed by atoms with Crippen molar-refractivity contribution in [2.75, 3.05) is 6.54 Å². The highest BCUT2D eigenvalue weighted by atomic mass is 16.3. The first-order chi connectivity index (χ1) is 9.05. The van der Waals surface area contributed by atoms with Gasteiger partial charge >= 0.3 is 0 Å². The number of rotatable bonds is 2.